The van der Waals surface area contributed by atoms with Crippen LogP contribution in [0.4, 0.5) is 0 Å². The summed E-state index contributed by atoms with van der Waals surface area (Å²) in [7, 11) is 6.39. The first kappa shape index (κ1) is 51.9. The van der Waals surface area contributed by atoms with Gasteiger partial charge in [-0.2, -0.15) is 0 Å². The van der Waals surface area contributed by atoms with Crippen molar-refractivity contribution in [2.75, 3.05) is 28.4 Å². The lowest BCUT2D eigenvalue weighted by atomic mass is 9.72. The minimum atomic E-state index is -0.860. The van der Waals surface area contributed by atoms with Crippen molar-refractivity contribution >= 4 is 23.5 Å². The van der Waals surface area contributed by atoms with Gasteiger partial charge in [0.15, 0.2) is 0 Å². The minimum Gasteiger partial charge on any atom is -0.458 e. The Balaban J connectivity index is 0.000000320. The Bertz CT molecular complexity index is 1450. The number of carbonyl (C=O) groups excluding carboxylic acids is 4. The summed E-state index contributed by atoms with van der Waals surface area (Å²) in [5.74, 6) is -1.09. The number of rotatable bonds is 6. The number of methoxy groups -OCH3 is 4. The molecule has 0 spiro atoms. The van der Waals surface area contributed by atoms with Crippen LogP contribution in [0.1, 0.15) is 135 Å². The van der Waals surface area contributed by atoms with Gasteiger partial charge in [-0.25, -0.2) is 0 Å². The summed E-state index contributed by atoms with van der Waals surface area (Å²) in [6.45, 7) is 27.4. The van der Waals surface area contributed by atoms with E-state index in [0.29, 0.717) is 12.8 Å². The number of fused-ring (bicyclic) bond motifs is 2. The van der Waals surface area contributed by atoms with Crippen molar-refractivity contribution in [3.05, 3.63) is 23.3 Å². The van der Waals surface area contributed by atoms with Crippen molar-refractivity contribution in [2.45, 2.75) is 195 Å². The van der Waals surface area contributed by atoms with Crippen LogP contribution in [0.15, 0.2) is 23.3 Å². The summed E-state index contributed by atoms with van der Waals surface area (Å²) < 4.78 is 46.7. The van der Waals surface area contributed by atoms with Crippen molar-refractivity contribution in [1.29, 1.82) is 0 Å². The van der Waals surface area contributed by atoms with Gasteiger partial charge >= 0.3 is 11.9 Å². The predicted octanol–water partition coefficient (Wildman–Crippen LogP) is 8.21. The number of hydrogen-bond donors (Lipinski definition) is 0. The summed E-state index contributed by atoms with van der Waals surface area (Å²) in [6, 6.07) is 0. The number of epoxide rings is 2. The van der Waals surface area contributed by atoms with Gasteiger partial charge in [-0.15, -0.1) is 0 Å². The summed E-state index contributed by atoms with van der Waals surface area (Å²) >= 11 is 0. The number of carbonyl (C=O) groups is 4. The van der Waals surface area contributed by atoms with E-state index in [0.717, 1.165) is 24.0 Å². The van der Waals surface area contributed by atoms with E-state index in [1.165, 1.54) is 14.2 Å². The molecule has 0 aromatic carbocycles. The normalized spacial score (nSPS) is 40.9. The molecule has 4 fully saturated rings. The molecule has 12 heteroatoms. The fourth-order valence-electron chi connectivity index (χ4n) is 10.1. The molecule has 0 bridgehead atoms. The Morgan fingerprint density at radius 2 is 0.883 bits per heavy atom. The molecule has 60 heavy (non-hydrogen) atoms. The van der Waals surface area contributed by atoms with E-state index in [-0.39, 0.29) is 108 Å². The zero-order valence-corrected chi connectivity index (χ0v) is 40.2. The highest BCUT2D eigenvalue weighted by molar-refractivity contribution is 5.88. The molecule has 0 amide bonds. The Kier molecular flexibility index (Phi) is 18.0. The number of allylic oxidation sites excluding steroid dienone is 2. The molecule has 4 heterocycles. The Hall–Kier alpha value is -2.48. The molecule has 0 aromatic heterocycles. The highest BCUT2D eigenvalue weighted by Crippen LogP contribution is 2.48. The van der Waals surface area contributed by atoms with E-state index < -0.39 is 23.0 Å². The summed E-state index contributed by atoms with van der Waals surface area (Å²) in [5.41, 5.74) is -0.329. The van der Waals surface area contributed by atoms with E-state index in [1.807, 2.05) is 81.4 Å². The van der Waals surface area contributed by atoms with Crippen LogP contribution < -0.4 is 0 Å². The monoisotopic (exact) mass is 849 g/mol. The van der Waals surface area contributed by atoms with Crippen molar-refractivity contribution < 1.29 is 57.1 Å². The van der Waals surface area contributed by atoms with E-state index in [4.69, 9.17) is 37.9 Å². The fourth-order valence-corrected chi connectivity index (χ4v) is 10.1. The van der Waals surface area contributed by atoms with Gasteiger partial charge in [0, 0.05) is 53.1 Å². The summed E-state index contributed by atoms with van der Waals surface area (Å²) in [5, 5.41) is 0. The quantitative estimate of drug-likeness (QED) is 0.144. The third-order valence-corrected chi connectivity index (χ3v) is 14.5. The molecule has 14 atom stereocenters. The van der Waals surface area contributed by atoms with Crippen LogP contribution >= 0.6 is 0 Å². The van der Waals surface area contributed by atoms with Crippen LogP contribution in [0.25, 0.3) is 0 Å². The van der Waals surface area contributed by atoms with Gasteiger partial charge in [-0.05, 0) is 77.4 Å². The first-order valence-corrected chi connectivity index (χ1v) is 22.0. The largest absolute Gasteiger partial charge is 0.458 e. The van der Waals surface area contributed by atoms with Gasteiger partial charge in [0.25, 0.3) is 0 Å². The molecule has 4 aliphatic rings. The first-order chi connectivity index (χ1) is 27.8. The van der Waals surface area contributed by atoms with E-state index in [9.17, 15) is 19.2 Å². The van der Waals surface area contributed by atoms with Crippen molar-refractivity contribution in [3.8, 4) is 0 Å². The number of esters is 2. The van der Waals surface area contributed by atoms with E-state index in [2.05, 4.69) is 27.7 Å². The number of ether oxygens (including phenoxy) is 8. The number of hydrogen-bond acceptors (Lipinski definition) is 12. The molecule has 8 unspecified atom stereocenters. The Morgan fingerprint density at radius 3 is 1.15 bits per heavy atom. The van der Waals surface area contributed by atoms with E-state index in [1.54, 1.807) is 14.2 Å². The molecule has 344 valence electrons. The average Bonchev–Trinajstić information content (AvgIpc) is 4.04. The molecule has 4 rings (SSSR count). The Morgan fingerprint density at radius 1 is 0.567 bits per heavy atom. The maximum atomic E-state index is 13.5. The number of cyclic esters (lactones) is 2. The zero-order chi connectivity index (χ0) is 45.7. The topological polar surface area (TPSA) is 149 Å². The second kappa shape index (κ2) is 20.8. The Labute approximate surface area is 361 Å². The molecule has 0 aromatic rings. The van der Waals surface area contributed by atoms with Crippen LogP contribution in [0.3, 0.4) is 0 Å². The molecule has 4 aliphatic heterocycles. The number of ketones is 2. The van der Waals surface area contributed by atoms with Gasteiger partial charge in [-0.3, -0.25) is 19.2 Å². The average molecular weight is 849 g/mol. The minimum absolute atomic E-state index is 0.00812. The summed E-state index contributed by atoms with van der Waals surface area (Å²) in [4.78, 5) is 52.5. The third kappa shape index (κ3) is 11.9. The number of Topliss-reactive ketones (excluding diaryl/α,β-unsaturated/α-hetero) is 2. The van der Waals surface area contributed by atoms with Crippen LogP contribution in [0.5, 0.6) is 0 Å². The van der Waals surface area contributed by atoms with Crippen molar-refractivity contribution in [2.24, 2.45) is 34.5 Å². The lowest BCUT2D eigenvalue weighted by molar-refractivity contribution is -0.158. The highest BCUT2D eigenvalue weighted by Gasteiger charge is 2.57. The van der Waals surface area contributed by atoms with Gasteiger partial charge < -0.3 is 37.9 Å². The lowest BCUT2D eigenvalue weighted by Crippen LogP contribution is -2.47. The second-order valence-electron chi connectivity index (χ2n) is 19.7. The van der Waals surface area contributed by atoms with Crippen molar-refractivity contribution in [1.82, 2.24) is 0 Å². The molecule has 0 saturated carbocycles. The van der Waals surface area contributed by atoms with Gasteiger partial charge in [0.05, 0.1) is 71.5 Å². The SMILES string of the molecule is C/C=C(\C)[C@@H]1CC2OC2(C)C[C@H](C)C(OC)[C@@H](C)C(=O)C(C)(C)C(OC)CC(=O)O1.C/C=C(\C)[C@@H]1CC2OC2(C)C[C@H](C)C(OC)[C@@H](C)C(=O)C(C)(C)C(OC)CC(=O)O1. The van der Waals surface area contributed by atoms with Gasteiger partial charge in [0.1, 0.15) is 23.8 Å². The van der Waals surface area contributed by atoms with E-state index >= 15 is 0 Å². The second-order valence-corrected chi connectivity index (χ2v) is 19.7. The maximum absolute atomic E-state index is 13.5. The zero-order valence-electron chi connectivity index (χ0n) is 40.2. The van der Waals surface area contributed by atoms with Crippen LogP contribution in [0, 0.1) is 34.5 Å². The molecule has 4 saturated heterocycles. The molecule has 12 nitrogen and oxygen atoms in total. The lowest BCUT2D eigenvalue weighted by Gasteiger charge is -2.37. The molecule has 0 aliphatic carbocycles. The standard InChI is InChI=1S/2C24H40O6/c2*1-10-14(2)17-11-19-24(7,30-19)13-15(3)21(28-9)16(4)22(26)23(5,6)18(27-8)12-20(25)29-17/h2*10,15-19,21H,11-13H2,1-9H3/b2*14-10+/t2*15-,16+,17-,18?,19?,21?,24?/m00/s1. The molecule has 0 radical (unpaired) electrons. The first-order valence-electron chi connectivity index (χ1n) is 22.0. The molecule has 0 N–H and O–H groups in total. The predicted molar refractivity (Wildman–Crippen MR) is 230 cm³/mol. The van der Waals surface area contributed by atoms with Crippen LogP contribution in [-0.4, -0.2) is 112 Å². The highest BCUT2D eigenvalue weighted by atomic mass is 16.6. The molecular weight excluding hydrogens is 769 g/mol. The van der Waals surface area contributed by atoms with Crippen LogP contribution in [-0.2, 0) is 57.1 Å². The smallest absolute Gasteiger partial charge is 0.309 e. The van der Waals surface area contributed by atoms with Crippen LogP contribution in [0.2, 0.25) is 0 Å². The fraction of sp³-hybridized carbons (Fsp3) is 0.833. The third-order valence-electron chi connectivity index (χ3n) is 14.5. The van der Waals surface area contributed by atoms with Gasteiger partial charge in [0.2, 0.25) is 0 Å². The van der Waals surface area contributed by atoms with Gasteiger partial charge in [-0.1, -0.05) is 67.5 Å². The van der Waals surface area contributed by atoms with Crippen molar-refractivity contribution in [3.63, 3.8) is 0 Å². The summed E-state index contributed by atoms with van der Waals surface area (Å²) in [6.07, 6.45) is 4.46. The molecular formula is C48H80O12. The maximum Gasteiger partial charge on any atom is 0.309 e.